The summed E-state index contributed by atoms with van der Waals surface area (Å²) in [6.45, 7) is 7.55. The van der Waals surface area contributed by atoms with E-state index in [1.807, 2.05) is 32.6 Å². The van der Waals surface area contributed by atoms with Crippen molar-refractivity contribution in [2.24, 2.45) is 0 Å². The lowest BCUT2D eigenvalue weighted by atomic mass is 10.00. The van der Waals surface area contributed by atoms with Gasteiger partial charge in [0.15, 0.2) is 9.84 Å². The van der Waals surface area contributed by atoms with E-state index < -0.39 is 15.4 Å². The predicted molar refractivity (Wildman–Crippen MR) is 135 cm³/mol. The van der Waals surface area contributed by atoms with E-state index in [9.17, 15) is 13.2 Å². The van der Waals surface area contributed by atoms with Crippen molar-refractivity contribution in [1.29, 1.82) is 0 Å². The van der Waals surface area contributed by atoms with Crippen molar-refractivity contribution in [2.45, 2.75) is 100 Å². The molecule has 10 heteroatoms. The zero-order valence-electron chi connectivity index (χ0n) is 21.2. The molecule has 1 aliphatic carbocycles. The Morgan fingerprint density at radius 1 is 1.03 bits per heavy atom. The van der Waals surface area contributed by atoms with Gasteiger partial charge in [-0.25, -0.2) is 23.2 Å². The van der Waals surface area contributed by atoms with Crippen LogP contribution >= 0.6 is 0 Å². The number of amides is 1. The van der Waals surface area contributed by atoms with Gasteiger partial charge in [-0.3, -0.25) is 0 Å². The van der Waals surface area contributed by atoms with E-state index in [-0.39, 0.29) is 29.5 Å². The summed E-state index contributed by atoms with van der Waals surface area (Å²) in [7, 11) is -3.22. The van der Waals surface area contributed by atoms with E-state index in [1.165, 1.54) is 6.33 Å². The van der Waals surface area contributed by atoms with Crippen molar-refractivity contribution in [1.82, 2.24) is 14.9 Å². The van der Waals surface area contributed by atoms with Gasteiger partial charge in [0.25, 0.3) is 0 Å². The highest BCUT2D eigenvalue weighted by Gasteiger charge is 2.45. The molecule has 0 radical (unpaired) electrons. The van der Waals surface area contributed by atoms with Crippen LogP contribution in [-0.2, 0) is 14.6 Å². The highest BCUT2D eigenvalue weighted by atomic mass is 32.2. The molecule has 0 spiro atoms. The summed E-state index contributed by atoms with van der Waals surface area (Å²) >= 11 is 0. The number of hydrogen-bond donors (Lipinski definition) is 1. The Balaban J connectivity index is 1.24. The number of carbonyl (C=O) groups is 1. The Morgan fingerprint density at radius 3 is 2.25 bits per heavy atom. The van der Waals surface area contributed by atoms with Crippen LogP contribution in [0.5, 0.6) is 5.88 Å². The Hall–Kier alpha value is -2.88. The number of aromatic nitrogens is 2. The van der Waals surface area contributed by atoms with E-state index in [1.54, 1.807) is 24.3 Å². The van der Waals surface area contributed by atoms with Crippen LogP contribution in [0.25, 0.3) is 0 Å². The average Bonchev–Trinajstić information content (AvgIpc) is 3.62. The van der Waals surface area contributed by atoms with Gasteiger partial charge in [-0.1, -0.05) is 0 Å². The molecule has 1 saturated carbocycles. The third kappa shape index (κ3) is 5.14. The largest absolute Gasteiger partial charge is 0.474 e. The number of rotatable bonds is 6. The normalized spacial score (nSPS) is 23.9. The van der Waals surface area contributed by atoms with Gasteiger partial charge in [0.1, 0.15) is 23.9 Å². The van der Waals surface area contributed by atoms with Gasteiger partial charge in [-0.05, 0) is 77.6 Å². The van der Waals surface area contributed by atoms with Crippen molar-refractivity contribution in [3.63, 3.8) is 0 Å². The fourth-order valence-electron chi connectivity index (χ4n) is 5.11. The summed E-state index contributed by atoms with van der Waals surface area (Å²) in [6.07, 6.45) is 6.03. The van der Waals surface area contributed by atoms with E-state index in [0.29, 0.717) is 16.6 Å². The van der Waals surface area contributed by atoms with Gasteiger partial charge >= 0.3 is 6.09 Å². The van der Waals surface area contributed by atoms with Gasteiger partial charge in [0.2, 0.25) is 5.88 Å². The molecule has 3 fully saturated rings. The van der Waals surface area contributed by atoms with Crippen LogP contribution in [0.3, 0.4) is 0 Å². The quantitative estimate of drug-likeness (QED) is 0.587. The highest BCUT2D eigenvalue weighted by Crippen LogP contribution is 2.39. The van der Waals surface area contributed by atoms with Gasteiger partial charge in [0.05, 0.1) is 15.7 Å². The number of piperidine rings is 1. The lowest BCUT2D eigenvalue weighted by molar-refractivity contribution is -0.00770. The lowest BCUT2D eigenvalue weighted by Gasteiger charge is -2.39. The van der Waals surface area contributed by atoms with Crippen molar-refractivity contribution < 1.29 is 22.7 Å². The van der Waals surface area contributed by atoms with Crippen LogP contribution in [0.1, 0.15) is 64.9 Å². The molecule has 2 aliphatic heterocycles. The van der Waals surface area contributed by atoms with Crippen LogP contribution in [-0.4, -0.2) is 58.4 Å². The molecule has 2 saturated heterocycles. The number of sulfone groups is 1. The number of fused-ring (bicyclic) bond motifs is 2. The molecule has 2 bridgehead atoms. The molecule has 1 N–H and O–H groups in total. The first-order valence-electron chi connectivity index (χ1n) is 12.6. The zero-order chi connectivity index (χ0) is 25.7. The summed E-state index contributed by atoms with van der Waals surface area (Å²) < 4.78 is 36.8. The van der Waals surface area contributed by atoms with Crippen molar-refractivity contribution in [3.05, 3.63) is 36.2 Å². The molecule has 194 valence electrons. The van der Waals surface area contributed by atoms with Crippen LogP contribution in [0.2, 0.25) is 0 Å². The number of hydrogen-bond acceptors (Lipinski definition) is 8. The lowest BCUT2D eigenvalue weighted by Crippen LogP contribution is -2.50. The first-order valence-corrected chi connectivity index (χ1v) is 14.2. The van der Waals surface area contributed by atoms with Crippen molar-refractivity contribution in [2.75, 3.05) is 5.32 Å². The van der Waals surface area contributed by atoms with Crippen molar-refractivity contribution in [3.8, 4) is 5.88 Å². The number of anilines is 2. The molecule has 2 aromatic rings. The van der Waals surface area contributed by atoms with E-state index in [0.717, 1.165) is 49.8 Å². The summed E-state index contributed by atoms with van der Waals surface area (Å²) in [5.41, 5.74) is 0.993. The molecular formula is C26H34N4O5S. The second kappa shape index (κ2) is 9.21. The third-order valence-corrected chi connectivity index (χ3v) is 9.30. The van der Waals surface area contributed by atoms with Crippen LogP contribution < -0.4 is 10.1 Å². The van der Waals surface area contributed by atoms with E-state index >= 15 is 0 Å². The SMILES string of the molecule is Cc1c(Nc2ccc(S(=O)(=O)C3CC3)cc2)ncnc1O[C@H]1CC2CC[C@@H](C1)N2C(=O)OC(C)(C)C. The van der Waals surface area contributed by atoms with Crippen LogP contribution in [0.15, 0.2) is 35.5 Å². The van der Waals surface area contributed by atoms with Gasteiger partial charge in [-0.2, -0.15) is 0 Å². The van der Waals surface area contributed by atoms with Gasteiger partial charge < -0.3 is 19.7 Å². The molecule has 36 heavy (non-hydrogen) atoms. The molecule has 1 unspecified atom stereocenters. The minimum atomic E-state index is -3.22. The summed E-state index contributed by atoms with van der Waals surface area (Å²) in [6, 6.07) is 6.99. The topological polar surface area (TPSA) is 111 Å². The molecule has 1 amide bonds. The number of carbonyl (C=O) groups excluding carboxylic acids is 1. The number of benzene rings is 1. The zero-order valence-corrected chi connectivity index (χ0v) is 22.0. The Kier molecular flexibility index (Phi) is 6.34. The monoisotopic (exact) mass is 514 g/mol. The molecule has 1 aromatic carbocycles. The maximum atomic E-state index is 12.7. The Morgan fingerprint density at radius 2 is 1.67 bits per heavy atom. The van der Waals surface area contributed by atoms with Gasteiger partial charge in [-0.15, -0.1) is 0 Å². The first kappa shape index (κ1) is 24.8. The standard InChI is InChI=1S/C26H34N4O5S/c1-16-23(29-17-5-9-21(10-6-17)36(32,33)22-11-12-22)27-15-28-24(16)34-20-13-18-7-8-19(14-20)30(18)25(31)35-26(2,3)4/h5-6,9-10,15,18-20,22H,7-8,11-14H2,1-4H3,(H,27,28,29)/t18-,19?,20+/m0/s1. The van der Waals surface area contributed by atoms with E-state index in [4.69, 9.17) is 9.47 Å². The summed E-state index contributed by atoms with van der Waals surface area (Å²) in [5.74, 6) is 1.11. The van der Waals surface area contributed by atoms with Crippen LogP contribution in [0, 0.1) is 6.92 Å². The molecule has 3 aliphatic rings. The molecule has 9 nitrogen and oxygen atoms in total. The molecule has 5 rings (SSSR count). The first-order chi connectivity index (χ1) is 17.0. The number of ether oxygens (including phenoxy) is 2. The summed E-state index contributed by atoms with van der Waals surface area (Å²) in [5, 5.41) is 3.02. The minimum absolute atomic E-state index is 0.0467. The fourth-order valence-corrected chi connectivity index (χ4v) is 6.77. The molecule has 3 atom stereocenters. The second-order valence-electron chi connectivity index (χ2n) is 11.0. The van der Waals surface area contributed by atoms with E-state index in [2.05, 4.69) is 15.3 Å². The van der Waals surface area contributed by atoms with Gasteiger partial charge in [0, 0.05) is 30.6 Å². The van der Waals surface area contributed by atoms with Crippen LogP contribution in [0.4, 0.5) is 16.3 Å². The Labute approximate surface area is 212 Å². The molecular weight excluding hydrogens is 480 g/mol. The maximum absolute atomic E-state index is 12.7. The highest BCUT2D eigenvalue weighted by molar-refractivity contribution is 7.92. The second-order valence-corrected chi connectivity index (χ2v) is 13.3. The molecule has 1 aromatic heterocycles. The maximum Gasteiger partial charge on any atom is 0.410 e. The average molecular weight is 515 g/mol. The van der Waals surface area contributed by atoms with Crippen molar-refractivity contribution >= 4 is 27.4 Å². The molecule has 3 heterocycles. The summed E-state index contributed by atoms with van der Waals surface area (Å²) in [4.78, 5) is 23.7. The minimum Gasteiger partial charge on any atom is -0.474 e. The predicted octanol–water partition coefficient (Wildman–Crippen LogP) is 4.77. The smallest absolute Gasteiger partial charge is 0.410 e. The fraction of sp³-hybridized carbons (Fsp3) is 0.577. The Bertz CT molecular complexity index is 1220. The number of nitrogens with zero attached hydrogens (tertiary/aromatic N) is 3. The number of nitrogens with one attached hydrogen (secondary N) is 1. The third-order valence-electron chi connectivity index (χ3n) is 7.02.